The quantitative estimate of drug-likeness (QED) is 0.532. The van der Waals surface area contributed by atoms with Crippen molar-refractivity contribution in [3.8, 4) is 0 Å². The molecular formula is C19H25Cl. The van der Waals surface area contributed by atoms with Gasteiger partial charge in [0.2, 0.25) is 0 Å². The summed E-state index contributed by atoms with van der Waals surface area (Å²) in [5, 5.41) is 2.72. The SMILES string of the molecule is CCCCC(CC)(CCl)Cc1cccc2ccccc12. The molecule has 0 aliphatic carbocycles. The zero-order valence-electron chi connectivity index (χ0n) is 12.7. The van der Waals surface area contributed by atoms with E-state index in [-0.39, 0.29) is 5.41 Å². The molecule has 0 saturated heterocycles. The van der Waals surface area contributed by atoms with Gasteiger partial charge in [-0.1, -0.05) is 69.2 Å². The van der Waals surface area contributed by atoms with Crippen LogP contribution in [-0.2, 0) is 6.42 Å². The average molecular weight is 289 g/mol. The maximum absolute atomic E-state index is 6.36. The molecule has 0 aliphatic rings. The van der Waals surface area contributed by atoms with E-state index in [1.807, 2.05) is 0 Å². The molecule has 0 nitrogen and oxygen atoms in total. The first-order valence-electron chi connectivity index (χ1n) is 7.77. The van der Waals surface area contributed by atoms with Crippen LogP contribution in [0.15, 0.2) is 42.5 Å². The Morgan fingerprint density at radius 1 is 1.00 bits per heavy atom. The number of hydrogen-bond acceptors (Lipinski definition) is 0. The Bertz CT molecular complexity index is 535. The van der Waals surface area contributed by atoms with Crippen molar-refractivity contribution < 1.29 is 0 Å². The smallest absolute Gasteiger partial charge is 0.0283 e. The van der Waals surface area contributed by atoms with Crippen LogP contribution < -0.4 is 0 Å². The van der Waals surface area contributed by atoms with Crippen molar-refractivity contribution in [2.45, 2.75) is 46.0 Å². The maximum Gasteiger partial charge on any atom is 0.0283 e. The lowest BCUT2D eigenvalue weighted by Crippen LogP contribution is -2.25. The van der Waals surface area contributed by atoms with Crippen molar-refractivity contribution in [3.63, 3.8) is 0 Å². The minimum atomic E-state index is 0.252. The lowest BCUT2D eigenvalue weighted by Gasteiger charge is -2.31. The molecule has 1 heteroatoms. The Balaban J connectivity index is 2.33. The third kappa shape index (κ3) is 3.35. The van der Waals surface area contributed by atoms with Crippen molar-refractivity contribution in [3.05, 3.63) is 48.0 Å². The van der Waals surface area contributed by atoms with Gasteiger partial charge in [0.15, 0.2) is 0 Å². The number of fused-ring (bicyclic) bond motifs is 1. The number of rotatable bonds is 7. The van der Waals surface area contributed by atoms with E-state index < -0.39 is 0 Å². The maximum atomic E-state index is 6.36. The van der Waals surface area contributed by atoms with E-state index in [9.17, 15) is 0 Å². The molecule has 0 spiro atoms. The van der Waals surface area contributed by atoms with Crippen LogP contribution in [0.4, 0.5) is 0 Å². The normalized spacial score (nSPS) is 14.3. The molecule has 2 aromatic rings. The molecule has 20 heavy (non-hydrogen) atoms. The molecular weight excluding hydrogens is 264 g/mol. The Kier molecular flexibility index (Phi) is 5.48. The van der Waals surface area contributed by atoms with E-state index in [1.165, 1.54) is 35.6 Å². The zero-order chi connectivity index (χ0) is 14.4. The van der Waals surface area contributed by atoms with Gasteiger partial charge in [-0.25, -0.2) is 0 Å². The van der Waals surface area contributed by atoms with E-state index in [0.717, 1.165) is 18.7 Å². The minimum Gasteiger partial charge on any atom is -0.126 e. The topological polar surface area (TPSA) is 0 Å². The summed E-state index contributed by atoms with van der Waals surface area (Å²) in [5.74, 6) is 0.757. The van der Waals surface area contributed by atoms with Crippen LogP contribution in [0.5, 0.6) is 0 Å². The van der Waals surface area contributed by atoms with Gasteiger partial charge >= 0.3 is 0 Å². The molecule has 0 saturated carbocycles. The van der Waals surface area contributed by atoms with E-state index in [2.05, 4.69) is 56.3 Å². The second-order valence-electron chi connectivity index (χ2n) is 5.91. The van der Waals surface area contributed by atoms with Gasteiger partial charge < -0.3 is 0 Å². The van der Waals surface area contributed by atoms with Gasteiger partial charge in [-0.3, -0.25) is 0 Å². The van der Waals surface area contributed by atoms with E-state index in [1.54, 1.807) is 0 Å². The summed E-state index contributed by atoms with van der Waals surface area (Å²) >= 11 is 6.36. The lowest BCUT2D eigenvalue weighted by atomic mass is 9.76. The van der Waals surface area contributed by atoms with E-state index >= 15 is 0 Å². The van der Waals surface area contributed by atoms with Crippen molar-refractivity contribution in [2.24, 2.45) is 5.41 Å². The summed E-state index contributed by atoms with van der Waals surface area (Å²) in [7, 11) is 0. The molecule has 0 aromatic heterocycles. The van der Waals surface area contributed by atoms with Crippen molar-refractivity contribution >= 4 is 22.4 Å². The molecule has 0 radical (unpaired) electrons. The van der Waals surface area contributed by atoms with Gasteiger partial charge in [-0.15, -0.1) is 11.6 Å². The number of alkyl halides is 1. The van der Waals surface area contributed by atoms with Crippen LogP contribution in [0, 0.1) is 5.41 Å². The molecule has 2 rings (SSSR count). The number of hydrogen-bond donors (Lipinski definition) is 0. The first kappa shape index (κ1) is 15.4. The molecule has 1 atom stereocenters. The van der Waals surface area contributed by atoms with Crippen molar-refractivity contribution in [2.75, 3.05) is 5.88 Å². The molecule has 108 valence electrons. The van der Waals surface area contributed by atoms with E-state index in [4.69, 9.17) is 11.6 Å². The second kappa shape index (κ2) is 7.13. The highest BCUT2D eigenvalue weighted by Crippen LogP contribution is 2.36. The molecule has 0 aliphatic heterocycles. The highest BCUT2D eigenvalue weighted by molar-refractivity contribution is 6.18. The fourth-order valence-corrected chi connectivity index (χ4v) is 3.42. The van der Waals surface area contributed by atoms with Gasteiger partial charge in [0.05, 0.1) is 0 Å². The van der Waals surface area contributed by atoms with Gasteiger partial charge in [0.1, 0.15) is 0 Å². The molecule has 1 unspecified atom stereocenters. The van der Waals surface area contributed by atoms with Crippen molar-refractivity contribution in [1.82, 2.24) is 0 Å². The fraction of sp³-hybridized carbons (Fsp3) is 0.474. The van der Waals surface area contributed by atoms with Crippen molar-refractivity contribution in [1.29, 1.82) is 0 Å². The summed E-state index contributed by atoms with van der Waals surface area (Å²) in [6, 6.07) is 15.3. The highest BCUT2D eigenvalue weighted by Gasteiger charge is 2.27. The molecule has 0 fully saturated rings. The third-order valence-electron chi connectivity index (χ3n) is 4.54. The summed E-state index contributed by atoms with van der Waals surface area (Å²) in [5.41, 5.74) is 1.70. The van der Waals surface area contributed by atoms with Gasteiger partial charge in [-0.05, 0) is 41.0 Å². The first-order valence-corrected chi connectivity index (χ1v) is 8.31. The molecule has 0 bridgehead atoms. The zero-order valence-corrected chi connectivity index (χ0v) is 13.4. The van der Waals surface area contributed by atoms with Crippen LogP contribution in [0.25, 0.3) is 10.8 Å². The predicted octanol–water partition coefficient (Wildman–Crippen LogP) is 6.21. The van der Waals surface area contributed by atoms with Crippen LogP contribution in [0.1, 0.15) is 45.1 Å². The first-order chi connectivity index (χ1) is 9.74. The number of halogens is 1. The largest absolute Gasteiger partial charge is 0.126 e. The van der Waals surface area contributed by atoms with Crippen LogP contribution >= 0.6 is 11.6 Å². The van der Waals surface area contributed by atoms with Crippen LogP contribution in [-0.4, -0.2) is 5.88 Å². The third-order valence-corrected chi connectivity index (χ3v) is 5.11. The van der Waals surface area contributed by atoms with Gasteiger partial charge in [-0.2, -0.15) is 0 Å². The lowest BCUT2D eigenvalue weighted by molar-refractivity contribution is 0.280. The molecule has 0 N–H and O–H groups in total. The second-order valence-corrected chi connectivity index (χ2v) is 6.17. The minimum absolute atomic E-state index is 0.252. The standard InChI is InChI=1S/C19H25Cl/c1-3-5-13-19(4-2,15-20)14-17-11-8-10-16-9-6-7-12-18(16)17/h6-12H,3-5,13-15H2,1-2H3. The summed E-state index contributed by atoms with van der Waals surface area (Å²) in [4.78, 5) is 0. The van der Waals surface area contributed by atoms with Crippen LogP contribution in [0.2, 0.25) is 0 Å². The number of benzene rings is 2. The Morgan fingerprint density at radius 2 is 1.75 bits per heavy atom. The van der Waals surface area contributed by atoms with E-state index in [0.29, 0.717) is 0 Å². The molecule has 0 amide bonds. The van der Waals surface area contributed by atoms with Gasteiger partial charge in [0, 0.05) is 5.88 Å². The van der Waals surface area contributed by atoms with Crippen LogP contribution in [0.3, 0.4) is 0 Å². The molecule has 2 aromatic carbocycles. The summed E-state index contributed by atoms with van der Waals surface area (Å²) in [6.07, 6.45) is 5.99. The monoisotopic (exact) mass is 288 g/mol. The summed E-state index contributed by atoms with van der Waals surface area (Å²) < 4.78 is 0. The fourth-order valence-electron chi connectivity index (χ4n) is 3.00. The number of unbranched alkanes of at least 4 members (excludes halogenated alkanes) is 1. The predicted molar refractivity (Wildman–Crippen MR) is 90.6 cm³/mol. The Morgan fingerprint density at radius 3 is 2.45 bits per heavy atom. The Labute approximate surface area is 128 Å². The Hall–Kier alpha value is -1.01. The summed E-state index contributed by atoms with van der Waals surface area (Å²) in [6.45, 7) is 4.54. The molecule has 0 heterocycles. The highest BCUT2D eigenvalue weighted by atomic mass is 35.5. The van der Waals surface area contributed by atoms with Gasteiger partial charge in [0.25, 0.3) is 0 Å². The average Bonchev–Trinajstić information content (AvgIpc) is 2.52.